The number of H-pyrrole nitrogens is 1. The molecule has 116 valence electrons. The Kier molecular flexibility index (Phi) is 5.92. The number of nitrogens with one attached hydrogen (secondary N) is 1. The van der Waals surface area contributed by atoms with Crippen LogP contribution in [0.25, 0.3) is 0 Å². The first-order valence-electron chi connectivity index (χ1n) is 7.58. The largest absolute Gasteiger partial charge is 0.462 e. The van der Waals surface area contributed by atoms with Crippen LogP contribution in [-0.2, 0) is 14.3 Å². The summed E-state index contributed by atoms with van der Waals surface area (Å²) in [7, 11) is 0. The molecule has 5 heteroatoms. The Labute approximate surface area is 129 Å². The topological polar surface area (TPSA) is 72.0 Å². The third-order valence-electron chi connectivity index (χ3n) is 3.54. The number of aromatic amines is 1. The molecule has 0 amide bonds. The zero-order chi connectivity index (χ0) is 15.8. The number of ether oxygens (including phenoxy) is 1. The monoisotopic (exact) mass is 300 g/mol. The SMILES string of the molecule is CCCCCCOC(=O)C1=CC=CC(c2ncc[nH]2)C1=C=O. The molecule has 1 atom stereocenters. The van der Waals surface area contributed by atoms with Crippen molar-refractivity contribution in [1.82, 2.24) is 9.97 Å². The maximum atomic E-state index is 12.2. The summed E-state index contributed by atoms with van der Waals surface area (Å²) in [5.41, 5.74) is 0.519. The molecule has 0 aliphatic heterocycles. The zero-order valence-electron chi connectivity index (χ0n) is 12.7. The van der Waals surface area contributed by atoms with Crippen molar-refractivity contribution in [2.24, 2.45) is 0 Å². The Morgan fingerprint density at radius 1 is 1.41 bits per heavy atom. The van der Waals surface area contributed by atoms with Crippen LogP contribution in [0.5, 0.6) is 0 Å². The number of carbonyl (C=O) groups excluding carboxylic acids is 2. The van der Waals surface area contributed by atoms with Gasteiger partial charge in [-0.1, -0.05) is 38.3 Å². The third kappa shape index (κ3) is 3.83. The zero-order valence-corrected chi connectivity index (χ0v) is 12.7. The smallest absolute Gasteiger partial charge is 0.339 e. The predicted octanol–water partition coefficient (Wildman–Crippen LogP) is 2.87. The first-order chi connectivity index (χ1) is 10.8. The summed E-state index contributed by atoms with van der Waals surface area (Å²) in [6.45, 7) is 2.50. The summed E-state index contributed by atoms with van der Waals surface area (Å²) in [5.74, 6) is 1.61. The third-order valence-corrected chi connectivity index (χ3v) is 3.54. The summed E-state index contributed by atoms with van der Waals surface area (Å²) in [4.78, 5) is 30.6. The van der Waals surface area contributed by atoms with Crippen molar-refractivity contribution in [3.63, 3.8) is 0 Å². The highest BCUT2D eigenvalue weighted by Gasteiger charge is 2.28. The van der Waals surface area contributed by atoms with E-state index in [1.165, 1.54) is 0 Å². The molecule has 1 N–H and O–H groups in total. The van der Waals surface area contributed by atoms with Crippen LogP contribution < -0.4 is 0 Å². The summed E-state index contributed by atoms with van der Waals surface area (Å²) in [6, 6.07) is 0. The first-order valence-corrected chi connectivity index (χ1v) is 7.58. The Morgan fingerprint density at radius 2 is 2.27 bits per heavy atom. The van der Waals surface area contributed by atoms with E-state index in [1.54, 1.807) is 30.6 Å². The molecule has 0 spiro atoms. The minimum Gasteiger partial charge on any atom is -0.462 e. The molecule has 2 rings (SSSR count). The fourth-order valence-corrected chi connectivity index (χ4v) is 2.36. The number of carbonyl (C=O) groups is 1. The summed E-state index contributed by atoms with van der Waals surface area (Å²) >= 11 is 0. The maximum Gasteiger partial charge on any atom is 0.339 e. The summed E-state index contributed by atoms with van der Waals surface area (Å²) < 4.78 is 5.25. The van der Waals surface area contributed by atoms with Gasteiger partial charge in [-0.3, -0.25) is 0 Å². The van der Waals surface area contributed by atoms with Gasteiger partial charge in [-0.2, -0.15) is 0 Å². The molecule has 1 unspecified atom stereocenters. The average Bonchev–Trinajstić information content (AvgIpc) is 3.08. The minimum absolute atomic E-state index is 0.259. The molecule has 0 fully saturated rings. The molecule has 1 aliphatic rings. The number of aromatic nitrogens is 2. The normalized spacial score (nSPS) is 17.0. The number of rotatable bonds is 7. The van der Waals surface area contributed by atoms with Crippen molar-refractivity contribution in [3.8, 4) is 0 Å². The van der Waals surface area contributed by atoms with E-state index in [-0.39, 0.29) is 17.1 Å². The van der Waals surface area contributed by atoms with Crippen LogP contribution in [0.4, 0.5) is 0 Å². The van der Waals surface area contributed by atoms with E-state index in [9.17, 15) is 9.59 Å². The molecule has 0 aromatic carbocycles. The van der Waals surface area contributed by atoms with Crippen molar-refractivity contribution < 1.29 is 14.3 Å². The van der Waals surface area contributed by atoms with Gasteiger partial charge in [0.1, 0.15) is 11.8 Å². The molecular formula is C17H20N2O3. The Hall–Kier alpha value is -2.39. The van der Waals surface area contributed by atoms with E-state index >= 15 is 0 Å². The highest BCUT2D eigenvalue weighted by atomic mass is 16.5. The van der Waals surface area contributed by atoms with E-state index in [2.05, 4.69) is 16.9 Å². The number of hydrogen-bond acceptors (Lipinski definition) is 4. The van der Waals surface area contributed by atoms with Crippen molar-refractivity contribution >= 4 is 11.9 Å². The van der Waals surface area contributed by atoms with Gasteiger partial charge < -0.3 is 9.72 Å². The number of esters is 1. The lowest BCUT2D eigenvalue weighted by atomic mass is 9.88. The van der Waals surface area contributed by atoms with E-state index in [0.29, 0.717) is 12.4 Å². The van der Waals surface area contributed by atoms with Gasteiger partial charge in [0.05, 0.1) is 23.7 Å². The molecule has 0 saturated heterocycles. The number of hydrogen-bond donors (Lipinski definition) is 1. The summed E-state index contributed by atoms with van der Waals surface area (Å²) in [5, 5.41) is 0. The van der Waals surface area contributed by atoms with Crippen LogP contribution in [0.3, 0.4) is 0 Å². The lowest BCUT2D eigenvalue weighted by Crippen LogP contribution is -2.17. The molecule has 1 aromatic heterocycles. The molecule has 1 aromatic rings. The van der Waals surface area contributed by atoms with Crippen LogP contribution >= 0.6 is 0 Å². The Bertz CT molecular complexity index is 608. The van der Waals surface area contributed by atoms with Gasteiger partial charge in [0, 0.05) is 12.4 Å². The van der Waals surface area contributed by atoms with Gasteiger partial charge in [0.25, 0.3) is 0 Å². The van der Waals surface area contributed by atoms with Crippen molar-refractivity contribution in [2.45, 2.75) is 38.5 Å². The maximum absolute atomic E-state index is 12.2. The van der Waals surface area contributed by atoms with Crippen molar-refractivity contribution in [2.75, 3.05) is 6.61 Å². The van der Waals surface area contributed by atoms with E-state index < -0.39 is 5.97 Å². The molecule has 0 bridgehead atoms. The van der Waals surface area contributed by atoms with Crippen molar-refractivity contribution in [3.05, 3.63) is 47.6 Å². The second-order valence-corrected chi connectivity index (χ2v) is 5.13. The predicted molar refractivity (Wildman–Crippen MR) is 82.9 cm³/mol. The van der Waals surface area contributed by atoms with E-state index in [1.807, 2.05) is 5.94 Å². The van der Waals surface area contributed by atoms with Gasteiger partial charge in [0.2, 0.25) is 0 Å². The Balaban J connectivity index is 2.01. The Morgan fingerprint density at radius 3 is 2.95 bits per heavy atom. The van der Waals surface area contributed by atoms with Crippen LogP contribution in [0.15, 0.2) is 41.8 Å². The van der Waals surface area contributed by atoms with Gasteiger partial charge >= 0.3 is 5.97 Å². The average molecular weight is 300 g/mol. The number of allylic oxidation sites excluding steroid dienone is 3. The molecule has 5 nitrogen and oxygen atoms in total. The molecule has 1 heterocycles. The summed E-state index contributed by atoms with van der Waals surface area (Å²) in [6.07, 6.45) is 12.5. The number of nitrogens with zero attached hydrogens (tertiary/aromatic N) is 1. The molecule has 22 heavy (non-hydrogen) atoms. The van der Waals surface area contributed by atoms with Crippen LogP contribution in [0.2, 0.25) is 0 Å². The quantitative estimate of drug-likeness (QED) is 0.477. The molecule has 0 radical (unpaired) electrons. The van der Waals surface area contributed by atoms with Gasteiger partial charge in [0.15, 0.2) is 0 Å². The van der Waals surface area contributed by atoms with Gasteiger partial charge in [-0.15, -0.1) is 0 Å². The molecular weight excluding hydrogens is 280 g/mol. The van der Waals surface area contributed by atoms with Crippen LogP contribution in [0, 0.1) is 0 Å². The highest BCUT2D eigenvalue weighted by Crippen LogP contribution is 2.31. The standard InChI is InChI=1S/C17H20N2O3/c1-2-3-4-5-11-22-17(21)14-8-6-7-13(15(14)12-20)16-18-9-10-19-16/h6-10,13H,2-5,11H2,1H3,(H,18,19). The van der Waals surface area contributed by atoms with E-state index in [0.717, 1.165) is 25.7 Å². The molecule has 1 aliphatic carbocycles. The number of unbranched alkanes of at least 4 members (excludes halogenated alkanes) is 3. The fraction of sp³-hybridized carbons (Fsp3) is 0.412. The van der Waals surface area contributed by atoms with E-state index in [4.69, 9.17) is 4.74 Å². The highest BCUT2D eigenvalue weighted by molar-refractivity contribution is 5.98. The lowest BCUT2D eigenvalue weighted by molar-refractivity contribution is -0.138. The van der Waals surface area contributed by atoms with Gasteiger partial charge in [-0.05, 0) is 12.5 Å². The molecule has 0 saturated carbocycles. The van der Waals surface area contributed by atoms with Gasteiger partial charge in [-0.25, -0.2) is 14.6 Å². The van der Waals surface area contributed by atoms with Crippen LogP contribution in [-0.4, -0.2) is 28.5 Å². The second kappa shape index (κ2) is 8.15. The fourth-order valence-electron chi connectivity index (χ4n) is 2.36. The van der Waals surface area contributed by atoms with Crippen molar-refractivity contribution in [1.29, 1.82) is 0 Å². The number of imidazole rings is 1. The van der Waals surface area contributed by atoms with Crippen LogP contribution in [0.1, 0.15) is 44.3 Å². The minimum atomic E-state index is -0.476. The second-order valence-electron chi connectivity index (χ2n) is 5.13. The first kappa shape index (κ1) is 16.0. The lowest BCUT2D eigenvalue weighted by Gasteiger charge is -2.17.